The Morgan fingerprint density at radius 1 is 1.08 bits per heavy atom. The molecule has 24 heavy (non-hydrogen) atoms. The first-order valence-corrected chi connectivity index (χ1v) is 8.21. The minimum atomic E-state index is 0.0714. The molecule has 0 saturated carbocycles. The van der Waals surface area contributed by atoms with E-state index < -0.39 is 0 Å². The van der Waals surface area contributed by atoms with E-state index in [9.17, 15) is 4.79 Å². The molecule has 4 nitrogen and oxygen atoms in total. The molecule has 2 aromatic rings. The number of nitrogens with zero attached hydrogens (tertiary/aromatic N) is 1. The minimum absolute atomic E-state index is 0.0714. The van der Waals surface area contributed by atoms with Crippen LogP contribution in [0.15, 0.2) is 54.6 Å². The average Bonchev–Trinajstić information content (AvgIpc) is 3.29. The zero-order valence-electron chi connectivity index (χ0n) is 13.4. The molecule has 2 aliphatic rings. The number of likely N-dealkylation sites (tertiary alicyclic amines) is 1. The summed E-state index contributed by atoms with van der Waals surface area (Å²) in [4.78, 5) is 14.3. The van der Waals surface area contributed by atoms with Crippen molar-refractivity contribution in [3.8, 4) is 11.5 Å². The highest BCUT2D eigenvalue weighted by atomic mass is 16.7. The van der Waals surface area contributed by atoms with Gasteiger partial charge in [0.25, 0.3) is 0 Å². The second-order valence-corrected chi connectivity index (χ2v) is 6.13. The quantitative estimate of drug-likeness (QED) is 0.813. The van der Waals surface area contributed by atoms with E-state index in [1.807, 2.05) is 53.4 Å². The first-order valence-electron chi connectivity index (χ1n) is 8.21. The van der Waals surface area contributed by atoms with E-state index in [-0.39, 0.29) is 5.91 Å². The van der Waals surface area contributed by atoms with Crippen molar-refractivity contribution in [1.29, 1.82) is 0 Å². The molecule has 2 aromatic carbocycles. The monoisotopic (exact) mass is 321 g/mol. The molecule has 0 bridgehead atoms. The van der Waals surface area contributed by atoms with E-state index in [1.54, 1.807) is 6.08 Å². The molecule has 1 unspecified atom stereocenters. The molecule has 0 radical (unpaired) electrons. The van der Waals surface area contributed by atoms with Gasteiger partial charge in [-0.15, -0.1) is 0 Å². The van der Waals surface area contributed by atoms with Gasteiger partial charge in [0, 0.05) is 25.1 Å². The molecule has 1 amide bonds. The summed E-state index contributed by atoms with van der Waals surface area (Å²) >= 11 is 0. The van der Waals surface area contributed by atoms with Crippen molar-refractivity contribution in [3.05, 3.63) is 65.7 Å². The topological polar surface area (TPSA) is 38.8 Å². The summed E-state index contributed by atoms with van der Waals surface area (Å²) in [5, 5.41) is 0. The van der Waals surface area contributed by atoms with Crippen LogP contribution in [0.25, 0.3) is 6.08 Å². The van der Waals surface area contributed by atoms with Crippen LogP contribution in [0.2, 0.25) is 0 Å². The number of hydrogen-bond acceptors (Lipinski definition) is 3. The SMILES string of the molecule is O=C(C=Cc1ccccc1)N1CCC(c2ccc3c(c2)OCO3)C1. The largest absolute Gasteiger partial charge is 0.454 e. The number of carbonyl (C=O) groups is 1. The summed E-state index contributed by atoms with van der Waals surface area (Å²) in [6.07, 6.45) is 4.51. The minimum Gasteiger partial charge on any atom is -0.454 e. The third-order valence-electron chi connectivity index (χ3n) is 4.59. The molecular weight excluding hydrogens is 302 g/mol. The Morgan fingerprint density at radius 3 is 2.79 bits per heavy atom. The maximum absolute atomic E-state index is 12.4. The van der Waals surface area contributed by atoms with Crippen LogP contribution in [0, 0.1) is 0 Å². The highest BCUT2D eigenvalue weighted by Crippen LogP contribution is 2.37. The lowest BCUT2D eigenvalue weighted by Gasteiger charge is -2.15. The Morgan fingerprint density at radius 2 is 1.92 bits per heavy atom. The molecule has 0 aliphatic carbocycles. The second kappa shape index (κ2) is 6.40. The summed E-state index contributed by atoms with van der Waals surface area (Å²) in [6, 6.07) is 16.0. The Bertz CT molecular complexity index is 770. The standard InChI is InChI=1S/C20H19NO3/c22-20(9-6-15-4-2-1-3-5-15)21-11-10-17(13-21)16-7-8-18-19(12-16)24-14-23-18/h1-9,12,17H,10-11,13-14H2. The van der Waals surface area contributed by atoms with Gasteiger partial charge >= 0.3 is 0 Å². The highest BCUT2D eigenvalue weighted by Gasteiger charge is 2.27. The van der Waals surface area contributed by atoms with Crippen LogP contribution in [0.1, 0.15) is 23.5 Å². The normalized spacial score (nSPS) is 19.2. The molecule has 122 valence electrons. The van der Waals surface area contributed by atoms with Crippen molar-refractivity contribution in [1.82, 2.24) is 4.90 Å². The summed E-state index contributed by atoms with van der Waals surface area (Å²) in [6.45, 7) is 1.83. The summed E-state index contributed by atoms with van der Waals surface area (Å²) in [7, 11) is 0. The average molecular weight is 321 g/mol. The van der Waals surface area contributed by atoms with Crippen LogP contribution in [-0.4, -0.2) is 30.7 Å². The molecule has 1 saturated heterocycles. The van der Waals surface area contributed by atoms with Gasteiger partial charge in [0.1, 0.15) is 0 Å². The number of benzene rings is 2. The predicted octanol–water partition coefficient (Wildman–Crippen LogP) is 3.44. The predicted molar refractivity (Wildman–Crippen MR) is 92.0 cm³/mol. The van der Waals surface area contributed by atoms with Crippen LogP contribution in [0.3, 0.4) is 0 Å². The zero-order chi connectivity index (χ0) is 16.4. The molecule has 4 rings (SSSR count). The number of ether oxygens (including phenoxy) is 2. The number of fused-ring (bicyclic) bond motifs is 1. The maximum atomic E-state index is 12.4. The maximum Gasteiger partial charge on any atom is 0.246 e. The fourth-order valence-electron chi connectivity index (χ4n) is 3.24. The van der Waals surface area contributed by atoms with Crippen LogP contribution in [-0.2, 0) is 4.79 Å². The lowest BCUT2D eigenvalue weighted by Crippen LogP contribution is -2.26. The fourth-order valence-corrected chi connectivity index (χ4v) is 3.24. The van der Waals surface area contributed by atoms with Crippen molar-refractivity contribution in [2.75, 3.05) is 19.9 Å². The number of hydrogen-bond donors (Lipinski definition) is 0. The van der Waals surface area contributed by atoms with Gasteiger partial charge in [-0.2, -0.15) is 0 Å². The molecule has 1 fully saturated rings. The third-order valence-corrected chi connectivity index (χ3v) is 4.59. The lowest BCUT2D eigenvalue weighted by atomic mass is 9.98. The smallest absolute Gasteiger partial charge is 0.246 e. The van der Waals surface area contributed by atoms with E-state index in [4.69, 9.17) is 9.47 Å². The van der Waals surface area contributed by atoms with Crippen molar-refractivity contribution < 1.29 is 14.3 Å². The van der Waals surface area contributed by atoms with Gasteiger partial charge in [0.15, 0.2) is 11.5 Å². The van der Waals surface area contributed by atoms with Gasteiger partial charge in [-0.1, -0.05) is 36.4 Å². The molecule has 0 N–H and O–H groups in total. The van der Waals surface area contributed by atoms with Crippen LogP contribution < -0.4 is 9.47 Å². The molecule has 2 aliphatic heterocycles. The fraction of sp³-hybridized carbons (Fsp3) is 0.250. The van der Waals surface area contributed by atoms with Gasteiger partial charge in [0.05, 0.1) is 0 Å². The first kappa shape index (κ1) is 14.8. The number of rotatable bonds is 3. The zero-order valence-corrected chi connectivity index (χ0v) is 13.4. The first-order chi connectivity index (χ1) is 11.8. The lowest BCUT2D eigenvalue weighted by molar-refractivity contribution is -0.124. The van der Waals surface area contributed by atoms with E-state index in [0.717, 1.165) is 36.6 Å². The van der Waals surface area contributed by atoms with Gasteiger partial charge < -0.3 is 14.4 Å². The van der Waals surface area contributed by atoms with E-state index in [0.29, 0.717) is 12.7 Å². The van der Waals surface area contributed by atoms with E-state index in [2.05, 4.69) is 6.07 Å². The number of carbonyl (C=O) groups excluding carboxylic acids is 1. The van der Waals surface area contributed by atoms with Crippen molar-refractivity contribution >= 4 is 12.0 Å². The van der Waals surface area contributed by atoms with Gasteiger partial charge in [-0.3, -0.25) is 4.79 Å². The molecule has 4 heteroatoms. The molecule has 1 atom stereocenters. The molecule has 0 aromatic heterocycles. The van der Waals surface area contributed by atoms with E-state index in [1.165, 1.54) is 5.56 Å². The van der Waals surface area contributed by atoms with Gasteiger partial charge in [-0.25, -0.2) is 0 Å². The van der Waals surface area contributed by atoms with Crippen LogP contribution >= 0.6 is 0 Å². The summed E-state index contributed by atoms with van der Waals surface area (Å²) in [5.74, 6) is 2.03. The molecule has 2 heterocycles. The highest BCUT2D eigenvalue weighted by molar-refractivity contribution is 5.92. The Hall–Kier alpha value is -2.75. The van der Waals surface area contributed by atoms with Crippen LogP contribution in [0.4, 0.5) is 0 Å². The van der Waals surface area contributed by atoms with Gasteiger partial charge in [0.2, 0.25) is 12.7 Å². The summed E-state index contributed by atoms with van der Waals surface area (Å²) < 4.78 is 10.8. The van der Waals surface area contributed by atoms with Crippen LogP contribution in [0.5, 0.6) is 11.5 Å². The Labute approximate surface area is 141 Å². The van der Waals surface area contributed by atoms with Crippen molar-refractivity contribution in [3.63, 3.8) is 0 Å². The molecular formula is C20H19NO3. The van der Waals surface area contributed by atoms with E-state index >= 15 is 0 Å². The molecule has 0 spiro atoms. The van der Waals surface area contributed by atoms with Crippen molar-refractivity contribution in [2.45, 2.75) is 12.3 Å². The van der Waals surface area contributed by atoms with Crippen molar-refractivity contribution in [2.24, 2.45) is 0 Å². The Kier molecular flexibility index (Phi) is 3.95. The third kappa shape index (κ3) is 3.00. The number of amides is 1. The Balaban J connectivity index is 1.41. The summed E-state index contributed by atoms with van der Waals surface area (Å²) in [5.41, 5.74) is 2.25. The van der Waals surface area contributed by atoms with Gasteiger partial charge in [-0.05, 0) is 35.8 Å². The second-order valence-electron chi connectivity index (χ2n) is 6.13.